The molecule has 3 N–H and O–H groups in total. The predicted molar refractivity (Wildman–Crippen MR) is 83.0 cm³/mol. The molecule has 1 aromatic carbocycles. The minimum absolute atomic E-state index is 0.309. The maximum absolute atomic E-state index is 12.2. The third-order valence-electron chi connectivity index (χ3n) is 3.45. The summed E-state index contributed by atoms with van der Waals surface area (Å²) in [6, 6.07) is 5.80. The standard InChI is InChI=1S/C14H17N3O4S/c1-8(17(2)14(20)21)12(18)16-10-7-22-11-6-4-3-5-9(11)15-13(10)19/h3-6,8,10H,7H2,1-2H3,(H,15,19)(H,16,18)(H,20,21)/t8-,10?/m0/s1. The first kappa shape index (κ1) is 16.2. The Morgan fingerprint density at radius 2 is 2.14 bits per heavy atom. The van der Waals surface area contributed by atoms with E-state index in [1.54, 1.807) is 6.07 Å². The number of benzene rings is 1. The average molecular weight is 323 g/mol. The van der Waals surface area contributed by atoms with Crippen molar-refractivity contribution in [2.75, 3.05) is 18.1 Å². The van der Waals surface area contributed by atoms with Crippen molar-refractivity contribution in [3.05, 3.63) is 24.3 Å². The van der Waals surface area contributed by atoms with E-state index in [-0.39, 0.29) is 5.91 Å². The number of hydrogen-bond donors (Lipinski definition) is 3. The number of carbonyl (C=O) groups excluding carboxylic acids is 2. The summed E-state index contributed by atoms with van der Waals surface area (Å²) in [5.41, 5.74) is 0.713. The molecule has 0 fully saturated rings. The molecule has 0 aromatic heterocycles. The molecule has 1 aromatic rings. The van der Waals surface area contributed by atoms with Crippen molar-refractivity contribution in [2.45, 2.75) is 23.9 Å². The van der Waals surface area contributed by atoms with Crippen molar-refractivity contribution in [2.24, 2.45) is 0 Å². The van der Waals surface area contributed by atoms with Crippen LogP contribution in [0.2, 0.25) is 0 Å². The molecule has 22 heavy (non-hydrogen) atoms. The van der Waals surface area contributed by atoms with E-state index in [0.717, 1.165) is 9.80 Å². The number of likely N-dealkylation sites (N-methyl/N-ethyl adjacent to an activating group) is 1. The van der Waals surface area contributed by atoms with Crippen LogP contribution in [-0.2, 0) is 9.59 Å². The first-order chi connectivity index (χ1) is 10.4. The van der Waals surface area contributed by atoms with Crippen molar-refractivity contribution in [1.29, 1.82) is 0 Å². The Morgan fingerprint density at radius 1 is 1.45 bits per heavy atom. The number of fused-ring (bicyclic) bond motifs is 1. The lowest BCUT2D eigenvalue weighted by Crippen LogP contribution is -2.52. The first-order valence-electron chi connectivity index (χ1n) is 6.69. The molecule has 8 heteroatoms. The summed E-state index contributed by atoms with van der Waals surface area (Å²) in [7, 11) is 1.31. The minimum Gasteiger partial charge on any atom is -0.465 e. The van der Waals surface area contributed by atoms with Crippen molar-refractivity contribution in [1.82, 2.24) is 10.2 Å². The molecule has 2 atom stereocenters. The lowest BCUT2D eigenvalue weighted by Gasteiger charge is -2.23. The number of carbonyl (C=O) groups is 3. The van der Waals surface area contributed by atoms with Crippen LogP contribution < -0.4 is 10.6 Å². The average Bonchev–Trinajstić information content (AvgIpc) is 2.65. The number of nitrogens with zero attached hydrogens (tertiary/aromatic N) is 1. The number of nitrogens with one attached hydrogen (secondary N) is 2. The van der Waals surface area contributed by atoms with E-state index in [9.17, 15) is 14.4 Å². The highest BCUT2D eigenvalue weighted by Crippen LogP contribution is 2.30. The number of hydrogen-bond acceptors (Lipinski definition) is 4. The van der Waals surface area contributed by atoms with Crippen LogP contribution in [0.1, 0.15) is 6.92 Å². The van der Waals surface area contributed by atoms with Crippen molar-refractivity contribution in [3.63, 3.8) is 0 Å². The second-order valence-electron chi connectivity index (χ2n) is 4.93. The Bertz CT molecular complexity index is 608. The summed E-state index contributed by atoms with van der Waals surface area (Å²) in [4.78, 5) is 36.9. The summed E-state index contributed by atoms with van der Waals surface area (Å²) < 4.78 is 0. The van der Waals surface area contributed by atoms with Crippen molar-refractivity contribution in [3.8, 4) is 0 Å². The SMILES string of the molecule is C[C@@H](C(=O)NC1CSc2ccccc2NC1=O)N(C)C(=O)O. The number of amides is 3. The van der Waals surface area contributed by atoms with Gasteiger partial charge in [0.25, 0.3) is 0 Å². The van der Waals surface area contributed by atoms with Gasteiger partial charge >= 0.3 is 6.09 Å². The maximum atomic E-state index is 12.2. The molecule has 1 aliphatic heterocycles. The fraction of sp³-hybridized carbons (Fsp3) is 0.357. The van der Waals surface area contributed by atoms with Crippen LogP contribution in [0.3, 0.4) is 0 Å². The van der Waals surface area contributed by atoms with Crippen LogP contribution in [0.25, 0.3) is 0 Å². The smallest absolute Gasteiger partial charge is 0.407 e. The van der Waals surface area contributed by atoms with Gasteiger partial charge in [-0.1, -0.05) is 12.1 Å². The van der Waals surface area contributed by atoms with Gasteiger partial charge in [-0.05, 0) is 19.1 Å². The summed E-state index contributed by atoms with van der Waals surface area (Å²) in [6.07, 6.45) is -1.20. The molecule has 0 saturated carbocycles. The van der Waals surface area contributed by atoms with Gasteiger partial charge in [-0.15, -0.1) is 11.8 Å². The highest BCUT2D eigenvalue weighted by atomic mass is 32.2. The third kappa shape index (κ3) is 3.51. The van der Waals surface area contributed by atoms with Crippen LogP contribution in [-0.4, -0.2) is 52.8 Å². The first-order valence-corrected chi connectivity index (χ1v) is 7.67. The molecule has 118 valence electrons. The molecular weight excluding hydrogens is 306 g/mol. The molecule has 0 bridgehead atoms. The quantitative estimate of drug-likeness (QED) is 0.777. The number of rotatable bonds is 3. The fourth-order valence-electron chi connectivity index (χ4n) is 1.91. The van der Waals surface area contributed by atoms with Gasteiger partial charge in [0.1, 0.15) is 12.1 Å². The molecule has 1 aliphatic rings. The number of thioether (sulfide) groups is 1. The van der Waals surface area contributed by atoms with Crippen LogP contribution in [0, 0.1) is 0 Å². The number of anilines is 1. The topological polar surface area (TPSA) is 98.7 Å². The zero-order valence-electron chi connectivity index (χ0n) is 12.2. The van der Waals surface area contributed by atoms with Crippen LogP contribution >= 0.6 is 11.8 Å². The van der Waals surface area contributed by atoms with E-state index in [4.69, 9.17) is 5.11 Å². The molecule has 0 radical (unpaired) electrons. The molecule has 0 aliphatic carbocycles. The molecular formula is C14H17N3O4S. The lowest BCUT2D eigenvalue weighted by molar-refractivity contribution is -0.128. The van der Waals surface area contributed by atoms with E-state index in [0.29, 0.717) is 11.4 Å². The van der Waals surface area contributed by atoms with Gasteiger partial charge < -0.3 is 15.7 Å². The summed E-state index contributed by atoms with van der Waals surface area (Å²) >= 11 is 1.46. The third-order valence-corrected chi connectivity index (χ3v) is 4.61. The Morgan fingerprint density at radius 3 is 2.82 bits per heavy atom. The summed E-state index contributed by atoms with van der Waals surface area (Å²) in [6.45, 7) is 1.47. The Balaban J connectivity index is 2.04. The molecule has 0 spiro atoms. The van der Waals surface area contributed by atoms with E-state index in [2.05, 4.69) is 10.6 Å². The van der Waals surface area contributed by atoms with E-state index >= 15 is 0 Å². The Hall–Kier alpha value is -2.22. The molecule has 2 rings (SSSR count). The van der Waals surface area contributed by atoms with Crippen molar-refractivity contribution < 1.29 is 19.5 Å². The largest absolute Gasteiger partial charge is 0.465 e. The molecule has 0 saturated heterocycles. The zero-order chi connectivity index (χ0) is 16.3. The molecule has 1 unspecified atom stereocenters. The molecule has 1 heterocycles. The van der Waals surface area contributed by atoms with Crippen LogP contribution in [0.4, 0.5) is 10.5 Å². The van der Waals surface area contributed by atoms with E-state index in [1.807, 2.05) is 18.2 Å². The maximum Gasteiger partial charge on any atom is 0.407 e. The van der Waals surface area contributed by atoms with Crippen LogP contribution in [0.15, 0.2) is 29.2 Å². The predicted octanol–water partition coefficient (Wildman–Crippen LogP) is 1.21. The number of carboxylic acid groups (broad SMARTS) is 1. The second-order valence-corrected chi connectivity index (χ2v) is 5.99. The van der Waals surface area contributed by atoms with Gasteiger partial charge in [-0.2, -0.15) is 0 Å². The van der Waals surface area contributed by atoms with Crippen LogP contribution in [0.5, 0.6) is 0 Å². The van der Waals surface area contributed by atoms with Gasteiger partial charge in [0.15, 0.2) is 0 Å². The molecule has 7 nitrogen and oxygen atoms in total. The Kier molecular flexibility index (Phi) is 4.92. The summed E-state index contributed by atoms with van der Waals surface area (Å²) in [5.74, 6) is -0.425. The Labute approximate surface area is 132 Å². The highest BCUT2D eigenvalue weighted by Gasteiger charge is 2.29. The van der Waals surface area contributed by atoms with Gasteiger partial charge in [0.2, 0.25) is 11.8 Å². The monoisotopic (exact) mass is 323 g/mol. The number of para-hydroxylation sites is 1. The normalized spacial score (nSPS) is 18.5. The van der Waals surface area contributed by atoms with Crippen molar-refractivity contribution >= 4 is 35.4 Å². The van der Waals surface area contributed by atoms with E-state index < -0.39 is 24.1 Å². The van der Waals surface area contributed by atoms with Gasteiger partial charge in [-0.25, -0.2) is 4.79 Å². The lowest BCUT2D eigenvalue weighted by atomic mass is 10.2. The highest BCUT2D eigenvalue weighted by molar-refractivity contribution is 7.99. The second kappa shape index (κ2) is 6.69. The summed E-state index contributed by atoms with van der Waals surface area (Å²) in [5, 5.41) is 14.3. The van der Waals surface area contributed by atoms with Gasteiger partial charge in [-0.3, -0.25) is 14.5 Å². The van der Waals surface area contributed by atoms with E-state index in [1.165, 1.54) is 25.7 Å². The van der Waals surface area contributed by atoms with Gasteiger partial charge in [0, 0.05) is 17.7 Å². The van der Waals surface area contributed by atoms with Gasteiger partial charge in [0.05, 0.1) is 5.69 Å². The minimum atomic E-state index is -1.20. The zero-order valence-corrected chi connectivity index (χ0v) is 13.0. The molecule has 3 amide bonds. The fourth-order valence-corrected chi connectivity index (χ4v) is 2.94.